The zero-order valence-electron chi connectivity index (χ0n) is 13.3. The van der Waals surface area contributed by atoms with Gasteiger partial charge in [-0.25, -0.2) is 4.98 Å². The number of aromatic amines is 1. The summed E-state index contributed by atoms with van der Waals surface area (Å²) in [6, 6.07) is 7.98. The fourth-order valence-corrected chi connectivity index (χ4v) is 2.53. The number of aromatic nitrogens is 2. The van der Waals surface area contributed by atoms with Crippen LogP contribution in [0.2, 0.25) is 0 Å². The zero-order chi connectivity index (χ0) is 17.3. The summed E-state index contributed by atoms with van der Waals surface area (Å²) in [6.07, 6.45) is 0. The van der Waals surface area contributed by atoms with Crippen molar-refractivity contribution < 1.29 is 19.1 Å². The number of nitrogens with zero attached hydrogens (tertiary/aromatic N) is 2. The Morgan fingerprint density at radius 1 is 1.04 bits per heavy atom. The van der Waals surface area contributed by atoms with Crippen LogP contribution in [0.15, 0.2) is 30.3 Å². The van der Waals surface area contributed by atoms with Crippen LogP contribution in [0.1, 0.15) is 0 Å². The molecule has 1 heterocycles. The quantitative estimate of drug-likeness (QED) is 0.570. The van der Waals surface area contributed by atoms with Crippen LogP contribution >= 0.6 is 0 Å². The van der Waals surface area contributed by atoms with E-state index >= 15 is 0 Å². The van der Waals surface area contributed by atoms with E-state index in [0.717, 1.165) is 0 Å². The van der Waals surface area contributed by atoms with Gasteiger partial charge in [0.1, 0.15) is 5.82 Å². The largest absolute Gasteiger partial charge is 0.493 e. The van der Waals surface area contributed by atoms with Gasteiger partial charge in [-0.1, -0.05) is 0 Å². The van der Waals surface area contributed by atoms with E-state index in [1.165, 1.54) is 33.5 Å². The molecule has 124 valence electrons. The van der Waals surface area contributed by atoms with Crippen molar-refractivity contribution in [2.45, 2.75) is 0 Å². The first-order chi connectivity index (χ1) is 11.6. The Morgan fingerprint density at radius 3 is 2.42 bits per heavy atom. The van der Waals surface area contributed by atoms with Crippen LogP contribution in [0.4, 0.5) is 5.69 Å². The molecule has 0 unspecified atom stereocenters. The van der Waals surface area contributed by atoms with Gasteiger partial charge < -0.3 is 19.2 Å². The average Bonchev–Trinajstić information content (AvgIpc) is 3.02. The lowest BCUT2D eigenvalue weighted by molar-refractivity contribution is -0.384. The number of benzene rings is 2. The molecule has 0 amide bonds. The fraction of sp³-hybridized carbons (Fsp3) is 0.188. The summed E-state index contributed by atoms with van der Waals surface area (Å²) in [5.74, 6) is 1.96. The molecule has 2 aromatic carbocycles. The summed E-state index contributed by atoms with van der Waals surface area (Å²) < 4.78 is 16.1. The van der Waals surface area contributed by atoms with Gasteiger partial charge in [0.2, 0.25) is 5.75 Å². The maximum Gasteiger partial charge on any atom is 0.271 e. The molecular formula is C16H15N3O5. The number of nitrogens with one attached hydrogen (secondary N) is 1. The number of hydrogen-bond acceptors (Lipinski definition) is 6. The van der Waals surface area contributed by atoms with Gasteiger partial charge in [0.15, 0.2) is 11.5 Å². The predicted octanol–water partition coefficient (Wildman–Crippen LogP) is 3.16. The first-order valence-electron chi connectivity index (χ1n) is 7.02. The summed E-state index contributed by atoms with van der Waals surface area (Å²) in [7, 11) is 4.58. The molecule has 0 radical (unpaired) electrons. The average molecular weight is 329 g/mol. The third-order valence-electron chi connectivity index (χ3n) is 3.64. The van der Waals surface area contributed by atoms with Crippen LogP contribution in [-0.4, -0.2) is 36.2 Å². The molecule has 0 aliphatic carbocycles. The number of hydrogen-bond donors (Lipinski definition) is 1. The summed E-state index contributed by atoms with van der Waals surface area (Å²) >= 11 is 0. The number of ether oxygens (including phenoxy) is 3. The number of nitro groups is 1. The number of H-pyrrole nitrogens is 1. The molecule has 8 nitrogen and oxygen atoms in total. The highest BCUT2D eigenvalue weighted by Crippen LogP contribution is 2.43. The molecule has 0 saturated carbocycles. The minimum absolute atomic E-state index is 0.00280. The van der Waals surface area contributed by atoms with E-state index in [9.17, 15) is 10.1 Å². The molecule has 3 aromatic rings. The van der Waals surface area contributed by atoms with E-state index in [1.54, 1.807) is 18.2 Å². The number of fused-ring (bicyclic) bond motifs is 1. The van der Waals surface area contributed by atoms with Crippen LogP contribution in [0.25, 0.3) is 22.4 Å². The van der Waals surface area contributed by atoms with Crippen LogP contribution in [0.5, 0.6) is 17.2 Å². The lowest BCUT2D eigenvalue weighted by Gasteiger charge is -2.14. The molecule has 8 heteroatoms. The van der Waals surface area contributed by atoms with E-state index < -0.39 is 4.92 Å². The number of imidazole rings is 1. The number of rotatable bonds is 5. The minimum Gasteiger partial charge on any atom is -0.493 e. The van der Waals surface area contributed by atoms with Crippen molar-refractivity contribution >= 4 is 16.7 Å². The Labute approximate surface area is 137 Å². The first-order valence-corrected chi connectivity index (χ1v) is 7.02. The standard InChI is InChI=1S/C16H15N3O5/c1-22-13-7-5-10(14(23-2)15(13)24-3)16-17-11-6-4-9(19(20)21)8-12(11)18-16/h4-8H,1-3H3,(H,17,18). The zero-order valence-corrected chi connectivity index (χ0v) is 13.3. The van der Waals surface area contributed by atoms with Gasteiger partial charge in [0, 0.05) is 12.1 Å². The molecule has 1 aromatic heterocycles. The van der Waals surface area contributed by atoms with E-state index in [-0.39, 0.29) is 5.69 Å². The lowest BCUT2D eigenvalue weighted by atomic mass is 10.1. The van der Waals surface area contributed by atoms with Gasteiger partial charge >= 0.3 is 0 Å². The number of non-ortho nitro benzene ring substituents is 1. The van der Waals surface area contributed by atoms with Gasteiger partial charge in [0.05, 0.1) is 42.8 Å². The second kappa shape index (κ2) is 6.07. The molecule has 0 bridgehead atoms. The first kappa shape index (κ1) is 15.6. The predicted molar refractivity (Wildman–Crippen MR) is 87.8 cm³/mol. The summed E-state index contributed by atoms with van der Waals surface area (Å²) in [4.78, 5) is 18.0. The van der Waals surface area contributed by atoms with Crippen LogP contribution in [0.3, 0.4) is 0 Å². The Hall–Kier alpha value is -3.29. The Kier molecular flexibility index (Phi) is 3.95. The summed E-state index contributed by atoms with van der Waals surface area (Å²) in [5.41, 5.74) is 1.84. The second-order valence-corrected chi connectivity index (χ2v) is 4.93. The van der Waals surface area contributed by atoms with E-state index in [4.69, 9.17) is 14.2 Å². The molecule has 24 heavy (non-hydrogen) atoms. The van der Waals surface area contributed by atoms with Crippen molar-refractivity contribution in [3.05, 3.63) is 40.4 Å². The Balaban J connectivity index is 2.18. The molecular weight excluding hydrogens is 314 g/mol. The molecule has 0 aliphatic rings. The summed E-state index contributed by atoms with van der Waals surface area (Å²) in [6.45, 7) is 0. The van der Waals surface area contributed by atoms with E-state index in [2.05, 4.69) is 9.97 Å². The molecule has 3 rings (SSSR count). The lowest BCUT2D eigenvalue weighted by Crippen LogP contribution is -1.97. The normalized spacial score (nSPS) is 10.6. The van der Waals surface area contributed by atoms with Gasteiger partial charge in [-0.2, -0.15) is 0 Å². The smallest absolute Gasteiger partial charge is 0.271 e. The second-order valence-electron chi connectivity index (χ2n) is 4.93. The number of methoxy groups -OCH3 is 3. The van der Waals surface area contributed by atoms with Crippen LogP contribution < -0.4 is 14.2 Å². The molecule has 0 atom stereocenters. The monoisotopic (exact) mass is 329 g/mol. The minimum atomic E-state index is -0.447. The molecule has 0 aliphatic heterocycles. The van der Waals surface area contributed by atoms with Crippen molar-refractivity contribution in [2.24, 2.45) is 0 Å². The molecule has 0 spiro atoms. The van der Waals surface area contributed by atoms with Crippen molar-refractivity contribution in [3.63, 3.8) is 0 Å². The van der Waals surface area contributed by atoms with Crippen molar-refractivity contribution in [2.75, 3.05) is 21.3 Å². The summed E-state index contributed by atoms with van der Waals surface area (Å²) in [5, 5.41) is 10.9. The van der Waals surface area contributed by atoms with Gasteiger partial charge in [-0.15, -0.1) is 0 Å². The highest BCUT2D eigenvalue weighted by molar-refractivity contribution is 5.83. The highest BCUT2D eigenvalue weighted by Gasteiger charge is 2.19. The van der Waals surface area contributed by atoms with Crippen molar-refractivity contribution in [1.29, 1.82) is 0 Å². The van der Waals surface area contributed by atoms with Crippen LogP contribution in [-0.2, 0) is 0 Å². The number of nitro benzene ring substituents is 1. The van der Waals surface area contributed by atoms with Gasteiger partial charge in [-0.05, 0) is 18.2 Å². The Bertz CT molecular complexity index is 919. The van der Waals surface area contributed by atoms with Crippen molar-refractivity contribution in [3.8, 4) is 28.6 Å². The molecule has 1 N–H and O–H groups in total. The SMILES string of the molecule is COc1ccc(-c2nc3ccc([N+](=O)[O-])cc3[nH]2)c(OC)c1OC. The van der Waals surface area contributed by atoms with Gasteiger partial charge in [-0.3, -0.25) is 10.1 Å². The highest BCUT2D eigenvalue weighted by atomic mass is 16.6. The third-order valence-corrected chi connectivity index (χ3v) is 3.64. The fourth-order valence-electron chi connectivity index (χ4n) is 2.53. The van der Waals surface area contributed by atoms with Crippen molar-refractivity contribution in [1.82, 2.24) is 9.97 Å². The van der Waals surface area contributed by atoms with E-state index in [0.29, 0.717) is 39.7 Å². The molecule has 0 saturated heterocycles. The van der Waals surface area contributed by atoms with E-state index in [1.807, 2.05) is 0 Å². The Morgan fingerprint density at radius 2 is 1.79 bits per heavy atom. The van der Waals surface area contributed by atoms with Crippen LogP contribution in [0, 0.1) is 10.1 Å². The maximum absolute atomic E-state index is 10.9. The van der Waals surface area contributed by atoms with Gasteiger partial charge in [0.25, 0.3) is 5.69 Å². The maximum atomic E-state index is 10.9. The molecule has 0 fully saturated rings. The third kappa shape index (κ3) is 2.47. The topological polar surface area (TPSA) is 99.5 Å².